The van der Waals surface area contributed by atoms with Crippen molar-refractivity contribution in [3.8, 4) is 11.4 Å². The first-order valence-corrected chi connectivity index (χ1v) is 13.2. The maximum atomic E-state index is 13.2. The second-order valence-corrected chi connectivity index (χ2v) is 10.4. The standard InChI is InChI=1S/C29H22ClF6N5O2/c1-37-24-19-8-7-18(13-22(19)40-23(41-24)16-3-5-17(6-4-16)28(31,32)33)39-25(42)20-12-15(2-9-21(20)30)14-38-26(43)27(10-11-27)29(34,35)36/h2-9,12-13H,10-11,14H2,1H3,(H,38,43)(H,39,42)(H,37,40,41). The van der Waals surface area contributed by atoms with Crippen LogP contribution in [0.5, 0.6) is 0 Å². The average Bonchev–Trinajstić information content (AvgIpc) is 3.78. The van der Waals surface area contributed by atoms with Gasteiger partial charge in [0, 0.05) is 30.2 Å². The van der Waals surface area contributed by atoms with Gasteiger partial charge in [-0.25, -0.2) is 9.97 Å². The summed E-state index contributed by atoms with van der Waals surface area (Å²) in [5.74, 6) is -1.17. The molecule has 0 aliphatic heterocycles. The molecule has 3 aromatic carbocycles. The van der Waals surface area contributed by atoms with Crippen LogP contribution in [-0.2, 0) is 17.5 Å². The number of nitrogens with zero attached hydrogens (tertiary/aromatic N) is 2. The maximum absolute atomic E-state index is 13.2. The lowest BCUT2D eigenvalue weighted by molar-refractivity contribution is -0.192. The van der Waals surface area contributed by atoms with Crippen LogP contribution >= 0.6 is 11.6 Å². The third kappa shape index (κ3) is 6.07. The molecule has 4 aromatic rings. The molecule has 43 heavy (non-hydrogen) atoms. The minimum Gasteiger partial charge on any atom is -0.373 e. The number of aromatic nitrogens is 2. The van der Waals surface area contributed by atoms with Crippen molar-refractivity contribution in [1.29, 1.82) is 0 Å². The predicted molar refractivity (Wildman–Crippen MR) is 148 cm³/mol. The van der Waals surface area contributed by atoms with Gasteiger partial charge in [0.05, 0.1) is 21.7 Å². The summed E-state index contributed by atoms with van der Waals surface area (Å²) in [5.41, 5.74) is -1.74. The molecule has 0 atom stereocenters. The van der Waals surface area contributed by atoms with Gasteiger partial charge < -0.3 is 16.0 Å². The van der Waals surface area contributed by atoms with Crippen molar-refractivity contribution < 1.29 is 35.9 Å². The Balaban J connectivity index is 1.36. The maximum Gasteiger partial charge on any atom is 0.416 e. The zero-order valence-electron chi connectivity index (χ0n) is 22.3. The Kier molecular flexibility index (Phi) is 7.71. The molecular formula is C29H22ClF6N5O2. The normalized spacial score (nSPS) is 14.3. The van der Waals surface area contributed by atoms with Crippen LogP contribution in [-0.4, -0.2) is 35.0 Å². The number of benzene rings is 3. The van der Waals surface area contributed by atoms with Crippen molar-refractivity contribution in [2.45, 2.75) is 31.7 Å². The molecule has 3 N–H and O–H groups in total. The number of nitrogens with one attached hydrogen (secondary N) is 3. The Labute approximate surface area is 245 Å². The molecule has 0 radical (unpaired) electrons. The fraction of sp³-hybridized carbons (Fsp3) is 0.241. The van der Waals surface area contributed by atoms with E-state index in [9.17, 15) is 35.9 Å². The van der Waals surface area contributed by atoms with Gasteiger partial charge in [0.2, 0.25) is 5.91 Å². The van der Waals surface area contributed by atoms with Gasteiger partial charge in [0.1, 0.15) is 11.2 Å². The monoisotopic (exact) mass is 621 g/mol. The van der Waals surface area contributed by atoms with E-state index in [0.29, 0.717) is 33.5 Å². The third-order valence-electron chi connectivity index (χ3n) is 7.12. The number of rotatable bonds is 7. The Bertz CT molecular complexity index is 1720. The molecule has 1 aliphatic carbocycles. The van der Waals surface area contributed by atoms with Crippen LogP contribution in [0.15, 0.2) is 60.7 Å². The van der Waals surface area contributed by atoms with Crippen LogP contribution in [0.1, 0.15) is 34.3 Å². The van der Waals surface area contributed by atoms with E-state index in [0.717, 1.165) is 12.1 Å². The minimum absolute atomic E-state index is 0.0227. The summed E-state index contributed by atoms with van der Waals surface area (Å²) in [6.07, 6.45) is -9.67. The highest BCUT2D eigenvalue weighted by atomic mass is 35.5. The number of carbonyl (C=O) groups is 2. The molecule has 0 saturated heterocycles. The Morgan fingerprint density at radius 3 is 2.23 bits per heavy atom. The van der Waals surface area contributed by atoms with Crippen LogP contribution in [0.25, 0.3) is 22.3 Å². The molecule has 2 amide bonds. The van der Waals surface area contributed by atoms with Crippen LogP contribution in [0.4, 0.5) is 37.8 Å². The van der Waals surface area contributed by atoms with E-state index in [-0.39, 0.29) is 35.8 Å². The summed E-state index contributed by atoms with van der Waals surface area (Å²) in [5, 5.41) is 8.57. The topological polar surface area (TPSA) is 96.0 Å². The van der Waals surface area contributed by atoms with Gasteiger partial charge in [0.15, 0.2) is 5.82 Å². The van der Waals surface area contributed by atoms with Crippen LogP contribution in [0, 0.1) is 5.41 Å². The quantitative estimate of drug-likeness (QED) is 0.189. The van der Waals surface area contributed by atoms with E-state index in [1.807, 2.05) is 0 Å². The Hall–Kier alpha value is -4.39. The van der Waals surface area contributed by atoms with E-state index >= 15 is 0 Å². The second kappa shape index (κ2) is 11.0. The molecule has 1 aromatic heterocycles. The summed E-state index contributed by atoms with van der Waals surface area (Å²) >= 11 is 6.23. The summed E-state index contributed by atoms with van der Waals surface area (Å²) < 4.78 is 78.6. The lowest BCUT2D eigenvalue weighted by Crippen LogP contribution is -2.40. The SMILES string of the molecule is CNc1nc(-c2ccc(C(F)(F)F)cc2)nc2cc(NC(=O)c3cc(CNC(=O)C4(C(F)(F)F)CC4)ccc3Cl)ccc12. The molecule has 0 unspecified atom stereocenters. The molecule has 14 heteroatoms. The molecule has 1 aliphatic rings. The Morgan fingerprint density at radius 2 is 1.63 bits per heavy atom. The van der Waals surface area contributed by atoms with Gasteiger partial charge >= 0.3 is 12.4 Å². The molecule has 7 nitrogen and oxygen atoms in total. The van der Waals surface area contributed by atoms with Crippen molar-refractivity contribution in [2.24, 2.45) is 5.41 Å². The third-order valence-corrected chi connectivity index (χ3v) is 7.45. The average molecular weight is 622 g/mol. The number of anilines is 2. The number of fused-ring (bicyclic) bond motifs is 1. The molecule has 1 saturated carbocycles. The van der Waals surface area contributed by atoms with E-state index in [1.54, 1.807) is 25.2 Å². The van der Waals surface area contributed by atoms with Crippen molar-refractivity contribution in [2.75, 3.05) is 17.7 Å². The van der Waals surface area contributed by atoms with Gasteiger partial charge in [-0.15, -0.1) is 0 Å². The summed E-state index contributed by atoms with van der Waals surface area (Å²) in [6, 6.07) is 13.4. The van der Waals surface area contributed by atoms with Crippen molar-refractivity contribution in [1.82, 2.24) is 15.3 Å². The largest absolute Gasteiger partial charge is 0.416 e. The van der Waals surface area contributed by atoms with Gasteiger partial charge in [0.25, 0.3) is 5.91 Å². The highest BCUT2D eigenvalue weighted by Gasteiger charge is 2.68. The van der Waals surface area contributed by atoms with Crippen LogP contribution in [0.3, 0.4) is 0 Å². The first-order chi connectivity index (χ1) is 20.2. The zero-order valence-corrected chi connectivity index (χ0v) is 23.0. The van der Waals surface area contributed by atoms with Gasteiger partial charge in [-0.3, -0.25) is 9.59 Å². The minimum atomic E-state index is -4.64. The highest BCUT2D eigenvalue weighted by Crippen LogP contribution is 2.57. The Morgan fingerprint density at radius 1 is 0.930 bits per heavy atom. The number of alkyl halides is 6. The number of amides is 2. The second-order valence-electron chi connectivity index (χ2n) is 9.98. The molecule has 224 valence electrons. The first kappa shape index (κ1) is 30.1. The smallest absolute Gasteiger partial charge is 0.373 e. The lowest BCUT2D eigenvalue weighted by Gasteiger charge is -2.18. The summed E-state index contributed by atoms with van der Waals surface area (Å²) in [4.78, 5) is 34.2. The molecule has 0 bridgehead atoms. The van der Waals surface area contributed by atoms with Crippen molar-refractivity contribution >= 4 is 45.8 Å². The van der Waals surface area contributed by atoms with Crippen molar-refractivity contribution in [3.05, 3.63) is 82.4 Å². The molecule has 1 fully saturated rings. The molecule has 1 heterocycles. The highest BCUT2D eigenvalue weighted by molar-refractivity contribution is 6.34. The van der Waals surface area contributed by atoms with Crippen LogP contribution in [0.2, 0.25) is 5.02 Å². The number of hydrogen-bond donors (Lipinski definition) is 3. The molecule has 5 rings (SSSR count). The summed E-state index contributed by atoms with van der Waals surface area (Å²) in [6.45, 7) is -0.236. The van der Waals surface area contributed by atoms with E-state index in [2.05, 4.69) is 25.9 Å². The van der Waals surface area contributed by atoms with Gasteiger partial charge in [-0.1, -0.05) is 29.8 Å². The fourth-order valence-corrected chi connectivity index (χ4v) is 4.71. The van der Waals surface area contributed by atoms with Crippen molar-refractivity contribution in [3.63, 3.8) is 0 Å². The first-order valence-electron chi connectivity index (χ1n) is 12.8. The van der Waals surface area contributed by atoms with Crippen LogP contribution < -0.4 is 16.0 Å². The van der Waals surface area contributed by atoms with E-state index in [1.165, 1.54) is 30.3 Å². The van der Waals surface area contributed by atoms with Gasteiger partial charge in [-0.2, -0.15) is 26.3 Å². The predicted octanol–water partition coefficient (Wildman–Crippen LogP) is 7.22. The van der Waals surface area contributed by atoms with E-state index in [4.69, 9.17) is 11.6 Å². The number of hydrogen-bond acceptors (Lipinski definition) is 5. The molecule has 0 spiro atoms. The molecular weight excluding hydrogens is 600 g/mol. The number of carbonyl (C=O) groups excluding carboxylic acids is 2. The lowest BCUT2D eigenvalue weighted by atomic mass is 10.1. The fourth-order valence-electron chi connectivity index (χ4n) is 4.51. The summed E-state index contributed by atoms with van der Waals surface area (Å²) in [7, 11) is 1.62. The van der Waals surface area contributed by atoms with Gasteiger partial charge in [-0.05, 0) is 60.9 Å². The number of halogens is 7. The zero-order chi connectivity index (χ0) is 31.2. The van der Waals surface area contributed by atoms with E-state index < -0.39 is 35.1 Å².